The fraction of sp³-hybridized carbons (Fsp3) is 0.353. The molecular weight excluding hydrogens is 234 g/mol. The second-order valence-electron chi connectivity index (χ2n) is 5.91. The maximum atomic E-state index is 12.1. The predicted molar refractivity (Wildman–Crippen MR) is 80.7 cm³/mol. The Bertz CT molecular complexity index is 581. The maximum Gasteiger partial charge on any atom is 0.164 e. The first-order valence-electron chi connectivity index (χ1n) is 6.73. The van der Waals surface area contributed by atoms with Gasteiger partial charge in [0.15, 0.2) is 5.78 Å². The van der Waals surface area contributed by atoms with Gasteiger partial charge >= 0.3 is 0 Å². The van der Waals surface area contributed by atoms with Crippen LogP contribution in [0, 0.1) is 0 Å². The van der Waals surface area contributed by atoms with Crippen LogP contribution in [-0.2, 0) is 0 Å². The highest BCUT2D eigenvalue weighted by Gasteiger charge is 2.11. The Kier molecular flexibility index (Phi) is 4.01. The molecule has 0 saturated heterocycles. The normalized spacial score (nSPS) is 11.7. The highest BCUT2D eigenvalue weighted by molar-refractivity contribution is 6.00. The summed E-state index contributed by atoms with van der Waals surface area (Å²) in [5.74, 6) is 0.197. The Hall–Kier alpha value is -1.67. The summed E-state index contributed by atoms with van der Waals surface area (Å²) in [5, 5.41) is 5.63. The van der Waals surface area contributed by atoms with Crippen LogP contribution in [0.25, 0.3) is 10.8 Å². The molecule has 2 aromatic rings. The van der Waals surface area contributed by atoms with E-state index in [1.165, 1.54) is 5.39 Å². The van der Waals surface area contributed by atoms with Crippen LogP contribution >= 0.6 is 0 Å². The van der Waals surface area contributed by atoms with Gasteiger partial charge < -0.3 is 5.32 Å². The van der Waals surface area contributed by atoms with E-state index in [9.17, 15) is 4.79 Å². The Morgan fingerprint density at radius 3 is 2.42 bits per heavy atom. The van der Waals surface area contributed by atoms with E-state index in [0.29, 0.717) is 6.42 Å². The summed E-state index contributed by atoms with van der Waals surface area (Å²) in [7, 11) is 0. The van der Waals surface area contributed by atoms with Crippen LogP contribution < -0.4 is 5.32 Å². The molecule has 0 heterocycles. The van der Waals surface area contributed by atoms with Gasteiger partial charge in [0, 0.05) is 24.1 Å². The Labute approximate surface area is 114 Å². The Balaban J connectivity index is 2.05. The van der Waals surface area contributed by atoms with Gasteiger partial charge in [-0.1, -0.05) is 36.4 Å². The molecule has 0 saturated carbocycles. The fourth-order valence-corrected chi connectivity index (χ4v) is 2.06. The number of nitrogens with one attached hydrogen (secondary N) is 1. The van der Waals surface area contributed by atoms with Crippen molar-refractivity contribution < 1.29 is 4.79 Å². The van der Waals surface area contributed by atoms with Gasteiger partial charge in [0.1, 0.15) is 0 Å². The van der Waals surface area contributed by atoms with Gasteiger partial charge in [-0.2, -0.15) is 0 Å². The van der Waals surface area contributed by atoms with Crippen molar-refractivity contribution in [3.05, 3.63) is 48.0 Å². The molecule has 0 aliphatic carbocycles. The molecule has 0 fully saturated rings. The van der Waals surface area contributed by atoms with Crippen LogP contribution in [0.15, 0.2) is 42.5 Å². The van der Waals surface area contributed by atoms with Crippen molar-refractivity contribution in [3.63, 3.8) is 0 Å². The molecule has 2 heteroatoms. The fourth-order valence-electron chi connectivity index (χ4n) is 2.06. The van der Waals surface area contributed by atoms with E-state index in [1.54, 1.807) is 0 Å². The number of carbonyl (C=O) groups excluding carboxylic acids is 1. The molecule has 0 aliphatic heterocycles. The monoisotopic (exact) mass is 255 g/mol. The highest BCUT2D eigenvalue weighted by atomic mass is 16.1. The SMILES string of the molecule is CC(C)(C)NCCC(=O)c1ccc2ccccc2c1. The summed E-state index contributed by atoms with van der Waals surface area (Å²) in [6.45, 7) is 7.03. The van der Waals surface area contributed by atoms with Crippen molar-refractivity contribution >= 4 is 16.6 Å². The number of carbonyl (C=O) groups is 1. The minimum absolute atomic E-state index is 0.0592. The lowest BCUT2D eigenvalue weighted by atomic mass is 10.0. The molecule has 100 valence electrons. The molecule has 0 amide bonds. The third-order valence-electron chi connectivity index (χ3n) is 3.08. The number of rotatable bonds is 4. The zero-order chi connectivity index (χ0) is 13.9. The minimum Gasteiger partial charge on any atom is -0.312 e. The minimum atomic E-state index is 0.0592. The number of ketones is 1. The van der Waals surface area contributed by atoms with E-state index in [2.05, 4.69) is 32.2 Å². The molecular formula is C17H21NO. The molecule has 0 bridgehead atoms. The number of Topliss-reactive ketones (excluding diaryl/α,β-unsaturated/α-hetero) is 1. The maximum absolute atomic E-state index is 12.1. The van der Waals surface area contributed by atoms with Crippen LogP contribution in [0.1, 0.15) is 37.6 Å². The van der Waals surface area contributed by atoms with Crippen molar-refractivity contribution in [3.8, 4) is 0 Å². The van der Waals surface area contributed by atoms with Crippen molar-refractivity contribution in [1.82, 2.24) is 5.32 Å². The third-order valence-corrected chi connectivity index (χ3v) is 3.08. The molecule has 19 heavy (non-hydrogen) atoms. The van der Waals surface area contributed by atoms with Crippen molar-refractivity contribution in [1.29, 1.82) is 0 Å². The molecule has 2 rings (SSSR count). The standard InChI is InChI=1S/C17H21NO/c1-17(2,3)18-11-10-16(19)15-9-8-13-6-4-5-7-14(13)12-15/h4-9,12,18H,10-11H2,1-3H3. The number of fused-ring (bicyclic) bond motifs is 1. The number of hydrogen-bond donors (Lipinski definition) is 1. The summed E-state index contributed by atoms with van der Waals surface area (Å²) in [6, 6.07) is 14.0. The first-order valence-corrected chi connectivity index (χ1v) is 6.73. The molecule has 0 aromatic heterocycles. The first kappa shape index (κ1) is 13.8. The summed E-state index contributed by atoms with van der Waals surface area (Å²) in [5.41, 5.74) is 0.860. The second kappa shape index (κ2) is 5.54. The summed E-state index contributed by atoms with van der Waals surface area (Å²) in [6.07, 6.45) is 0.537. The zero-order valence-corrected chi connectivity index (χ0v) is 11.9. The van der Waals surface area contributed by atoms with Gasteiger partial charge in [0.2, 0.25) is 0 Å². The van der Waals surface area contributed by atoms with Crippen LogP contribution in [-0.4, -0.2) is 17.9 Å². The van der Waals surface area contributed by atoms with Gasteiger partial charge in [-0.05, 0) is 37.6 Å². The lowest BCUT2D eigenvalue weighted by molar-refractivity contribution is 0.0980. The van der Waals surface area contributed by atoms with Gasteiger partial charge in [-0.25, -0.2) is 0 Å². The van der Waals surface area contributed by atoms with Gasteiger partial charge in [0.25, 0.3) is 0 Å². The largest absolute Gasteiger partial charge is 0.312 e. The summed E-state index contributed by atoms with van der Waals surface area (Å²) < 4.78 is 0. The van der Waals surface area contributed by atoms with Gasteiger partial charge in [-0.15, -0.1) is 0 Å². The molecule has 0 atom stereocenters. The zero-order valence-electron chi connectivity index (χ0n) is 11.9. The van der Waals surface area contributed by atoms with E-state index >= 15 is 0 Å². The van der Waals surface area contributed by atoms with Crippen molar-refractivity contribution in [2.24, 2.45) is 0 Å². The topological polar surface area (TPSA) is 29.1 Å². The van der Waals surface area contributed by atoms with Gasteiger partial charge in [-0.3, -0.25) is 4.79 Å². The lowest BCUT2D eigenvalue weighted by Gasteiger charge is -2.20. The highest BCUT2D eigenvalue weighted by Crippen LogP contribution is 2.16. The number of benzene rings is 2. The van der Waals surface area contributed by atoms with E-state index in [1.807, 2.05) is 36.4 Å². The first-order chi connectivity index (χ1) is 8.96. The van der Waals surface area contributed by atoms with E-state index in [4.69, 9.17) is 0 Å². The Morgan fingerprint density at radius 2 is 1.74 bits per heavy atom. The Morgan fingerprint density at radius 1 is 1.05 bits per heavy atom. The lowest BCUT2D eigenvalue weighted by Crippen LogP contribution is -2.37. The molecule has 1 N–H and O–H groups in total. The molecule has 2 nitrogen and oxygen atoms in total. The van der Waals surface area contributed by atoms with Gasteiger partial charge in [0.05, 0.1) is 0 Å². The summed E-state index contributed by atoms with van der Waals surface area (Å²) >= 11 is 0. The number of hydrogen-bond acceptors (Lipinski definition) is 2. The van der Waals surface area contributed by atoms with Crippen LogP contribution in [0.5, 0.6) is 0 Å². The summed E-state index contributed by atoms with van der Waals surface area (Å²) in [4.78, 5) is 12.1. The average molecular weight is 255 g/mol. The average Bonchev–Trinajstić information content (AvgIpc) is 2.36. The third kappa shape index (κ3) is 3.90. The van der Waals surface area contributed by atoms with E-state index in [0.717, 1.165) is 17.5 Å². The smallest absolute Gasteiger partial charge is 0.164 e. The second-order valence-corrected chi connectivity index (χ2v) is 5.91. The molecule has 0 unspecified atom stereocenters. The van der Waals surface area contributed by atoms with Crippen molar-refractivity contribution in [2.45, 2.75) is 32.7 Å². The molecule has 0 aliphatic rings. The van der Waals surface area contributed by atoms with Crippen LogP contribution in [0.3, 0.4) is 0 Å². The predicted octanol–water partition coefficient (Wildman–Crippen LogP) is 3.80. The molecule has 0 radical (unpaired) electrons. The van der Waals surface area contributed by atoms with Crippen LogP contribution in [0.4, 0.5) is 0 Å². The quantitative estimate of drug-likeness (QED) is 0.842. The van der Waals surface area contributed by atoms with E-state index in [-0.39, 0.29) is 11.3 Å². The van der Waals surface area contributed by atoms with Crippen molar-refractivity contribution in [2.75, 3.05) is 6.54 Å². The van der Waals surface area contributed by atoms with Crippen LogP contribution in [0.2, 0.25) is 0 Å². The van der Waals surface area contributed by atoms with E-state index < -0.39 is 0 Å². The molecule has 0 spiro atoms. The molecule has 2 aromatic carbocycles.